The number of hydrogen-bond acceptors (Lipinski definition) is 5. The summed E-state index contributed by atoms with van der Waals surface area (Å²) in [6.07, 6.45) is -0.803. The van der Waals surface area contributed by atoms with E-state index in [1.165, 1.54) is 24.3 Å². The largest absolute Gasteiger partial charge is 0.481 e. The predicted octanol–water partition coefficient (Wildman–Crippen LogP) is 3.91. The summed E-state index contributed by atoms with van der Waals surface area (Å²) in [5, 5.41) is 3.15. The van der Waals surface area contributed by atoms with Crippen LogP contribution in [0.4, 0.5) is 5.69 Å². The normalized spacial score (nSPS) is 12.1. The molecule has 3 rings (SSSR count). The van der Waals surface area contributed by atoms with E-state index in [4.69, 9.17) is 16.3 Å². The van der Waals surface area contributed by atoms with Gasteiger partial charge in [0.2, 0.25) is 10.0 Å². The molecule has 32 heavy (non-hydrogen) atoms. The maximum Gasteiger partial charge on any atom is 0.265 e. The zero-order valence-electron chi connectivity index (χ0n) is 17.1. The molecule has 0 bridgehead atoms. The van der Waals surface area contributed by atoms with Crippen LogP contribution in [0.3, 0.4) is 0 Å². The Morgan fingerprint density at radius 3 is 2.31 bits per heavy atom. The molecule has 9 heteroatoms. The van der Waals surface area contributed by atoms with Crippen LogP contribution in [0.2, 0.25) is 5.02 Å². The zero-order valence-corrected chi connectivity index (χ0v) is 18.7. The number of carbonyl (C=O) groups excluding carboxylic acids is 2. The van der Waals surface area contributed by atoms with Crippen LogP contribution in [0.1, 0.15) is 17.3 Å². The monoisotopic (exact) mass is 472 g/mol. The second-order valence-corrected chi connectivity index (χ2v) is 9.05. The average molecular weight is 473 g/mol. The van der Waals surface area contributed by atoms with Crippen molar-refractivity contribution in [2.75, 3.05) is 11.9 Å². The highest BCUT2D eigenvalue weighted by atomic mass is 35.5. The van der Waals surface area contributed by atoms with Crippen LogP contribution < -0.4 is 14.8 Å². The number of hydrogen-bond donors (Lipinski definition) is 2. The van der Waals surface area contributed by atoms with Gasteiger partial charge in [-0.2, -0.15) is 0 Å². The lowest BCUT2D eigenvalue weighted by Gasteiger charge is -2.15. The molecule has 0 fully saturated rings. The van der Waals surface area contributed by atoms with Gasteiger partial charge in [0, 0.05) is 16.3 Å². The molecule has 0 heterocycles. The summed E-state index contributed by atoms with van der Waals surface area (Å²) in [6, 6.07) is 20.7. The molecule has 0 aromatic heterocycles. The van der Waals surface area contributed by atoms with Crippen LogP contribution in [-0.2, 0) is 14.8 Å². The fourth-order valence-corrected chi connectivity index (χ4v) is 3.89. The summed E-state index contributed by atoms with van der Waals surface area (Å²) in [7, 11) is -3.89. The minimum Gasteiger partial charge on any atom is -0.481 e. The van der Waals surface area contributed by atoms with Gasteiger partial charge in [0.15, 0.2) is 11.9 Å². The van der Waals surface area contributed by atoms with E-state index in [2.05, 4.69) is 10.0 Å². The first-order valence-corrected chi connectivity index (χ1v) is 11.5. The number of nitrogens with one attached hydrogen (secondary N) is 2. The Hall–Kier alpha value is -3.20. The minimum absolute atomic E-state index is 0.0282. The summed E-state index contributed by atoms with van der Waals surface area (Å²) >= 11 is 5.91. The average Bonchev–Trinajstić information content (AvgIpc) is 2.78. The quantitative estimate of drug-likeness (QED) is 0.460. The number of ketones is 1. The Morgan fingerprint density at radius 1 is 0.969 bits per heavy atom. The van der Waals surface area contributed by atoms with E-state index >= 15 is 0 Å². The third kappa shape index (κ3) is 6.40. The fourth-order valence-electron chi connectivity index (χ4n) is 2.73. The maximum absolute atomic E-state index is 12.5. The van der Waals surface area contributed by atoms with E-state index in [9.17, 15) is 18.0 Å². The molecule has 0 aliphatic carbocycles. The summed E-state index contributed by atoms with van der Waals surface area (Å²) in [5.41, 5.74) is 0.818. The van der Waals surface area contributed by atoms with Gasteiger partial charge >= 0.3 is 0 Å². The van der Waals surface area contributed by atoms with Crippen molar-refractivity contribution in [1.82, 2.24) is 4.72 Å². The van der Waals surface area contributed by atoms with Crippen molar-refractivity contribution in [3.63, 3.8) is 0 Å². The molecule has 0 aliphatic heterocycles. The van der Waals surface area contributed by atoms with E-state index in [0.29, 0.717) is 22.0 Å². The van der Waals surface area contributed by atoms with Crippen LogP contribution in [-0.4, -0.2) is 32.8 Å². The summed E-state index contributed by atoms with van der Waals surface area (Å²) in [4.78, 5) is 24.4. The molecule has 0 spiro atoms. The molecule has 1 atom stereocenters. The molecule has 0 radical (unpaired) electrons. The maximum atomic E-state index is 12.5. The van der Waals surface area contributed by atoms with Crippen LogP contribution >= 0.6 is 11.6 Å². The lowest BCUT2D eigenvalue weighted by atomic mass is 10.1. The second-order valence-electron chi connectivity index (χ2n) is 6.84. The molecule has 1 amide bonds. The summed E-state index contributed by atoms with van der Waals surface area (Å²) in [5.74, 6) is -0.295. The Kier molecular flexibility index (Phi) is 7.63. The van der Waals surface area contributed by atoms with Gasteiger partial charge in [-0.15, -0.1) is 0 Å². The Morgan fingerprint density at radius 2 is 1.66 bits per heavy atom. The van der Waals surface area contributed by atoms with Gasteiger partial charge in [0.25, 0.3) is 5.91 Å². The van der Waals surface area contributed by atoms with E-state index in [1.807, 2.05) is 0 Å². The molecule has 0 saturated heterocycles. The number of ether oxygens (including phenoxy) is 1. The Labute approximate surface area is 191 Å². The molecule has 3 aromatic rings. The van der Waals surface area contributed by atoms with E-state index in [0.717, 1.165) is 0 Å². The number of anilines is 1. The number of sulfonamides is 1. The first-order chi connectivity index (χ1) is 15.2. The van der Waals surface area contributed by atoms with Gasteiger partial charge in [-0.25, -0.2) is 13.1 Å². The van der Waals surface area contributed by atoms with Crippen LogP contribution in [0, 0.1) is 0 Å². The van der Waals surface area contributed by atoms with Crippen molar-refractivity contribution >= 4 is 39.0 Å². The van der Waals surface area contributed by atoms with Gasteiger partial charge in [-0.3, -0.25) is 9.59 Å². The van der Waals surface area contributed by atoms with Crippen molar-refractivity contribution in [1.29, 1.82) is 0 Å². The zero-order chi connectivity index (χ0) is 23.1. The number of rotatable bonds is 9. The highest BCUT2D eigenvalue weighted by Crippen LogP contribution is 2.19. The predicted molar refractivity (Wildman–Crippen MR) is 123 cm³/mol. The third-order valence-electron chi connectivity index (χ3n) is 4.43. The molecule has 7 nitrogen and oxygen atoms in total. The first kappa shape index (κ1) is 23.5. The van der Waals surface area contributed by atoms with Crippen molar-refractivity contribution in [2.24, 2.45) is 0 Å². The number of carbonyl (C=O) groups is 2. The van der Waals surface area contributed by atoms with Gasteiger partial charge in [0.1, 0.15) is 5.75 Å². The lowest BCUT2D eigenvalue weighted by Crippen LogP contribution is -2.30. The lowest BCUT2D eigenvalue weighted by molar-refractivity contribution is -0.122. The molecule has 2 N–H and O–H groups in total. The van der Waals surface area contributed by atoms with Crippen LogP contribution in [0.25, 0.3) is 0 Å². The molecule has 0 saturated carbocycles. The van der Waals surface area contributed by atoms with Gasteiger partial charge in [-0.1, -0.05) is 48.0 Å². The molecule has 0 aliphatic rings. The molecular weight excluding hydrogens is 452 g/mol. The minimum atomic E-state index is -3.89. The van der Waals surface area contributed by atoms with Gasteiger partial charge < -0.3 is 10.1 Å². The summed E-state index contributed by atoms with van der Waals surface area (Å²) < 4.78 is 32.8. The standard InChI is InChI=1S/C23H21ClN2O5S/c1-16(31-20-9-5-8-18(24)14-20)23(28)26-19-10-12-21(13-11-19)32(29,30)25-15-22(27)17-6-3-2-4-7-17/h2-14,16,25H,15H2,1H3,(H,26,28). The molecule has 1 unspecified atom stereocenters. The Bertz CT molecular complexity index is 1200. The summed E-state index contributed by atoms with van der Waals surface area (Å²) in [6.45, 7) is 1.23. The van der Waals surface area contributed by atoms with Crippen molar-refractivity contribution in [2.45, 2.75) is 17.9 Å². The fraction of sp³-hybridized carbons (Fsp3) is 0.130. The highest BCUT2D eigenvalue weighted by molar-refractivity contribution is 7.89. The van der Waals surface area contributed by atoms with E-state index in [1.54, 1.807) is 61.5 Å². The number of Topliss-reactive ketones (excluding diaryl/α,β-unsaturated/α-hetero) is 1. The smallest absolute Gasteiger partial charge is 0.265 e. The molecule has 3 aromatic carbocycles. The van der Waals surface area contributed by atoms with E-state index in [-0.39, 0.29) is 17.2 Å². The first-order valence-electron chi connectivity index (χ1n) is 9.66. The SMILES string of the molecule is CC(Oc1cccc(Cl)c1)C(=O)Nc1ccc(S(=O)(=O)NCC(=O)c2ccccc2)cc1. The number of amides is 1. The third-order valence-corrected chi connectivity index (χ3v) is 6.08. The topological polar surface area (TPSA) is 102 Å². The van der Waals surface area contributed by atoms with Gasteiger partial charge in [0.05, 0.1) is 11.4 Å². The highest BCUT2D eigenvalue weighted by Gasteiger charge is 2.18. The number of halogens is 1. The number of benzene rings is 3. The second kappa shape index (κ2) is 10.4. The van der Waals surface area contributed by atoms with Gasteiger partial charge in [-0.05, 0) is 49.4 Å². The van der Waals surface area contributed by atoms with Crippen LogP contribution in [0.15, 0.2) is 83.8 Å². The van der Waals surface area contributed by atoms with E-state index < -0.39 is 22.0 Å². The van der Waals surface area contributed by atoms with Crippen molar-refractivity contribution < 1.29 is 22.7 Å². The van der Waals surface area contributed by atoms with Crippen molar-refractivity contribution in [3.05, 3.63) is 89.4 Å². The molecular formula is C23H21ClN2O5S. The Balaban J connectivity index is 1.57. The van der Waals surface area contributed by atoms with Crippen molar-refractivity contribution in [3.8, 4) is 5.75 Å². The molecule has 166 valence electrons. The van der Waals surface area contributed by atoms with Crippen LogP contribution in [0.5, 0.6) is 5.75 Å².